The van der Waals surface area contributed by atoms with Gasteiger partial charge in [0.15, 0.2) is 0 Å². The topological polar surface area (TPSA) is 221 Å². The fourth-order valence-electron chi connectivity index (χ4n) is 1.90. The van der Waals surface area contributed by atoms with E-state index in [-0.39, 0.29) is 26.3 Å². The van der Waals surface area contributed by atoms with Gasteiger partial charge in [-0.05, 0) is 19.3 Å². The molecule has 12 N–H and O–H groups in total. The Balaban J connectivity index is 3.87. The smallest absolute Gasteiger partial charge is 0.329 e. The third-order valence-corrected chi connectivity index (χ3v) is 6.68. The van der Waals surface area contributed by atoms with Crippen LogP contribution in [0.1, 0.15) is 19.3 Å². The highest BCUT2D eigenvalue weighted by molar-refractivity contribution is 7.53. The van der Waals surface area contributed by atoms with E-state index in [1.165, 1.54) is 0 Å². The second-order valence-electron chi connectivity index (χ2n) is 5.98. The first-order valence-corrected chi connectivity index (χ1v) is 12.2. The van der Waals surface area contributed by atoms with E-state index in [1.54, 1.807) is 0 Å². The molecule has 0 aliphatic heterocycles. The van der Waals surface area contributed by atoms with Gasteiger partial charge in [0.1, 0.15) is 11.6 Å². The molecular formula is C13H36N6O6P2. The molecule has 0 aromatic carbocycles. The fourth-order valence-corrected chi connectivity index (χ4v) is 3.78. The molecular weight excluding hydrogens is 398 g/mol. The molecule has 0 aromatic heterocycles. The van der Waals surface area contributed by atoms with Gasteiger partial charge in [-0.1, -0.05) is 0 Å². The van der Waals surface area contributed by atoms with Crippen molar-refractivity contribution in [3.8, 4) is 0 Å². The quantitative estimate of drug-likeness (QED) is 0.0886. The Morgan fingerprint density at radius 2 is 1.15 bits per heavy atom. The van der Waals surface area contributed by atoms with Crippen molar-refractivity contribution >= 4 is 15.2 Å². The lowest BCUT2D eigenvalue weighted by molar-refractivity contribution is 0.228. The van der Waals surface area contributed by atoms with Gasteiger partial charge in [-0.3, -0.25) is 9.13 Å². The van der Waals surface area contributed by atoms with E-state index < -0.39 is 26.8 Å². The molecule has 0 saturated carbocycles. The minimum atomic E-state index is -3.91. The molecule has 4 atom stereocenters. The number of hydrogen-bond acceptors (Lipinski definition) is 10. The van der Waals surface area contributed by atoms with Crippen LogP contribution in [0.25, 0.3) is 0 Å². The van der Waals surface area contributed by atoms with Crippen molar-refractivity contribution in [3.63, 3.8) is 0 Å². The summed E-state index contributed by atoms with van der Waals surface area (Å²) in [7, 11) is -7.81. The Morgan fingerprint density at radius 3 is 1.48 bits per heavy atom. The zero-order chi connectivity index (χ0) is 20.8. The summed E-state index contributed by atoms with van der Waals surface area (Å²) >= 11 is 0. The highest BCUT2D eigenvalue weighted by atomic mass is 31.2. The van der Waals surface area contributed by atoms with Crippen molar-refractivity contribution < 1.29 is 28.0 Å². The van der Waals surface area contributed by atoms with E-state index in [0.29, 0.717) is 45.4 Å². The first-order chi connectivity index (χ1) is 12.7. The molecule has 0 heterocycles. The Bertz CT molecular complexity index is 435. The van der Waals surface area contributed by atoms with E-state index >= 15 is 0 Å². The molecule has 0 aliphatic rings. The van der Waals surface area contributed by atoms with Gasteiger partial charge in [-0.25, -0.2) is 0 Å². The van der Waals surface area contributed by atoms with Gasteiger partial charge in [0.05, 0.1) is 13.2 Å². The molecule has 0 spiro atoms. The van der Waals surface area contributed by atoms with E-state index in [2.05, 4.69) is 10.6 Å². The largest absolute Gasteiger partial charge is 0.345 e. The maximum Gasteiger partial charge on any atom is 0.345 e. The Labute approximate surface area is 160 Å². The lowest BCUT2D eigenvalue weighted by Crippen LogP contribution is -2.36. The van der Waals surface area contributed by atoms with Crippen molar-refractivity contribution in [2.24, 2.45) is 22.9 Å². The first kappa shape index (κ1) is 27.1. The van der Waals surface area contributed by atoms with Crippen LogP contribution in [-0.4, -0.2) is 73.8 Å². The molecule has 4 unspecified atom stereocenters. The van der Waals surface area contributed by atoms with Gasteiger partial charge in [0.2, 0.25) is 0 Å². The number of unbranched alkanes of at least 4 members (excludes halogenated alkanes) is 2. The summed E-state index contributed by atoms with van der Waals surface area (Å²) in [5.74, 6) is -2.05. The molecule has 164 valence electrons. The Morgan fingerprint density at radius 1 is 0.778 bits per heavy atom. The van der Waals surface area contributed by atoms with Crippen molar-refractivity contribution in [1.29, 1.82) is 0 Å². The predicted octanol–water partition coefficient (Wildman–Crippen LogP) is -1.77. The SMILES string of the molecule is NCCNCC(N)P(=O)(O)OCCCCCOP(=O)(O)C(N)CNCCN. The third kappa shape index (κ3) is 13.0. The van der Waals surface area contributed by atoms with E-state index in [9.17, 15) is 18.9 Å². The highest BCUT2D eigenvalue weighted by Crippen LogP contribution is 2.45. The van der Waals surface area contributed by atoms with Gasteiger partial charge >= 0.3 is 15.2 Å². The minimum absolute atomic E-state index is 0.0532. The van der Waals surface area contributed by atoms with Gasteiger partial charge < -0.3 is 52.4 Å². The van der Waals surface area contributed by atoms with Crippen molar-refractivity contribution in [1.82, 2.24) is 10.6 Å². The molecule has 0 bridgehead atoms. The summed E-state index contributed by atoms with van der Waals surface area (Å²) in [4.78, 5) is 19.5. The maximum atomic E-state index is 11.9. The normalized spacial score (nSPS) is 18.6. The van der Waals surface area contributed by atoms with E-state index in [0.717, 1.165) is 0 Å². The molecule has 27 heavy (non-hydrogen) atoms. The molecule has 12 nitrogen and oxygen atoms in total. The maximum absolute atomic E-state index is 11.9. The van der Waals surface area contributed by atoms with Crippen LogP contribution in [-0.2, 0) is 18.2 Å². The fraction of sp³-hybridized carbons (Fsp3) is 1.00. The number of hydrogen-bond donors (Lipinski definition) is 8. The summed E-state index contributed by atoms with van der Waals surface area (Å²) in [6, 6.07) is 0. The predicted molar refractivity (Wildman–Crippen MR) is 105 cm³/mol. The van der Waals surface area contributed by atoms with Crippen LogP contribution in [0.4, 0.5) is 0 Å². The van der Waals surface area contributed by atoms with Crippen molar-refractivity contribution in [3.05, 3.63) is 0 Å². The van der Waals surface area contributed by atoms with Gasteiger partial charge in [0.25, 0.3) is 0 Å². The van der Waals surface area contributed by atoms with Crippen molar-refractivity contribution in [2.45, 2.75) is 30.8 Å². The average molecular weight is 434 g/mol. The van der Waals surface area contributed by atoms with Crippen LogP contribution in [0, 0.1) is 0 Å². The lowest BCUT2D eigenvalue weighted by atomic mass is 10.2. The van der Waals surface area contributed by atoms with Crippen LogP contribution in [0.5, 0.6) is 0 Å². The Hall–Kier alpha value is 0.0600. The van der Waals surface area contributed by atoms with Gasteiger partial charge in [-0.15, -0.1) is 0 Å². The number of rotatable bonds is 18. The monoisotopic (exact) mass is 434 g/mol. The molecule has 14 heteroatoms. The summed E-state index contributed by atoms with van der Waals surface area (Å²) in [5.41, 5.74) is 21.9. The van der Waals surface area contributed by atoms with Crippen molar-refractivity contribution in [2.75, 3.05) is 52.5 Å². The van der Waals surface area contributed by atoms with Gasteiger partial charge in [0, 0.05) is 39.3 Å². The standard InChI is InChI=1S/C13H36N6O6P2/c14-4-6-18-10-12(16)26(20,21)24-8-2-1-3-9-25-27(22,23)13(17)11-19-7-5-15/h12-13,18-19H,1-11,14-17H2,(H,20,21)(H,22,23). The molecule has 0 fully saturated rings. The second-order valence-corrected chi connectivity index (χ2v) is 10.1. The molecule has 0 saturated heterocycles. The zero-order valence-corrected chi connectivity index (χ0v) is 17.5. The minimum Gasteiger partial charge on any atom is -0.329 e. The summed E-state index contributed by atoms with van der Waals surface area (Å²) in [6.45, 7) is 2.16. The van der Waals surface area contributed by atoms with Gasteiger partial charge in [-0.2, -0.15) is 0 Å². The summed E-state index contributed by atoms with van der Waals surface area (Å²) in [5, 5.41) is 5.70. The lowest BCUT2D eigenvalue weighted by Gasteiger charge is -2.20. The third-order valence-electron chi connectivity index (χ3n) is 3.53. The van der Waals surface area contributed by atoms with Crippen LogP contribution >= 0.6 is 15.2 Å². The molecule has 0 aliphatic carbocycles. The Kier molecular flexibility index (Phi) is 15.0. The molecule has 0 radical (unpaired) electrons. The zero-order valence-electron chi connectivity index (χ0n) is 15.7. The van der Waals surface area contributed by atoms with Crippen LogP contribution < -0.4 is 33.6 Å². The average Bonchev–Trinajstić information content (AvgIpc) is 2.60. The number of nitrogens with two attached hydrogens (primary N) is 4. The summed E-state index contributed by atoms with van der Waals surface area (Å²) < 4.78 is 33.8. The number of nitrogens with one attached hydrogen (secondary N) is 2. The van der Waals surface area contributed by atoms with E-state index in [4.69, 9.17) is 32.0 Å². The molecule has 0 amide bonds. The van der Waals surface area contributed by atoms with Crippen LogP contribution in [0.15, 0.2) is 0 Å². The van der Waals surface area contributed by atoms with Crippen LogP contribution in [0.3, 0.4) is 0 Å². The highest BCUT2D eigenvalue weighted by Gasteiger charge is 2.29. The molecule has 0 aromatic rings. The van der Waals surface area contributed by atoms with E-state index in [1.807, 2.05) is 0 Å². The van der Waals surface area contributed by atoms with Crippen LogP contribution in [0.2, 0.25) is 0 Å². The summed E-state index contributed by atoms with van der Waals surface area (Å²) in [6.07, 6.45) is 1.55. The first-order valence-electron chi connectivity index (χ1n) is 8.94. The molecule has 0 rings (SSSR count). The second kappa shape index (κ2) is 15.0.